The molecule has 1 aromatic heterocycles. The summed E-state index contributed by atoms with van der Waals surface area (Å²) in [5.74, 6) is 0. The lowest BCUT2D eigenvalue weighted by atomic mass is 10.3. The van der Waals surface area contributed by atoms with Crippen molar-refractivity contribution in [3.8, 4) is 5.69 Å². The van der Waals surface area contributed by atoms with E-state index in [-0.39, 0.29) is 0 Å². The topological polar surface area (TPSA) is 17.8 Å². The highest BCUT2D eigenvalue weighted by Gasteiger charge is 2.03. The van der Waals surface area contributed by atoms with Crippen LogP contribution in [0, 0.1) is 6.92 Å². The smallest absolute Gasteiger partial charge is 0.0678 e. The maximum atomic E-state index is 5.89. The van der Waals surface area contributed by atoms with Crippen molar-refractivity contribution in [2.45, 2.75) is 6.92 Å². The SMILES string of the molecule is Cc1ccnn1-c1cc(Cl)cc(Cl)c1. The van der Waals surface area contributed by atoms with Crippen molar-refractivity contribution in [2.75, 3.05) is 0 Å². The molecule has 4 heteroatoms. The van der Waals surface area contributed by atoms with Crippen molar-refractivity contribution in [3.63, 3.8) is 0 Å². The molecule has 0 atom stereocenters. The van der Waals surface area contributed by atoms with E-state index in [1.807, 2.05) is 25.1 Å². The molecule has 0 saturated heterocycles. The molecule has 1 aromatic carbocycles. The molecule has 0 fully saturated rings. The molecule has 72 valence electrons. The molecular weight excluding hydrogens is 219 g/mol. The summed E-state index contributed by atoms with van der Waals surface area (Å²) in [7, 11) is 0. The number of rotatable bonds is 1. The van der Waals surface area contributed by atoms with E-state index in [9.17, 15) is 0 Å². The van der Waals surface area contributed by atoms with Crippen molar-refractivity contribution in [1.82, 2.24) is 9.78 Å². The molecule has 0 bridgehead atoms. The molecule has 0 spiro atoms. The first-order valence-electron chi connectivity index (χ1n) is 4.14. The third-order valence-corrected chi connectivity index (χ3v) is 2.36. The molecule has 2 rings (SSSR count). The van der Waals surface area contributed by atoms with Gasteiger partial charge < -0.3 is 0 Å². The van der Waals surface area contributed by atoms with Crippen LogP contribution in [0.3, 0.4) is 0 Å². The van der Waals surface area contributed by atoms with Crippen LogP contribution in [-0.2, 0) is 0 Å². The zero-order valence-electron chi connectivity index (χ0n) is 7.54. The van der Waals surface area contributed by atoms with E-state index >= 15 is 0 Å². The largest absolute Gasteiger partial charge is 0.238 e. The number of hydrogen-bond donors (Lipinski definition) is 0. The number of benzene rings is 1. The number of aryl methyl sites for hydroxylation is 1. The second-order valence-corrected chi connectivity index (χ2v) is 3.88. The molecule has 0 aliphatic carbocycles. The zero-order chi connectivity index (χ0) is 10.1. The van der Waals surface area contributed by atoms with Crippen LogP contribution in [0.1, 0.15) is 5.69 Å². The van der Waals surface area contributed by atoms with Gasteiger partial charge in [0, 0.05) is 21.9 Å². The lowest BCUT2D eigenvalue weighted by Gasteiger charge is -2.05. The van der Waals surface area contributed by atoms with Crippen LogP contribution in [0.5, 0.6) is 0 Å². The quantitative estimate of drug-likeness (QED) is 0.729. The van der Waals surface area contributed by atoms with Crippen LogP contribution in [0.25, 0.3) is 5.69 Å². The monoisotopic (exact) mass is 226 g/mol. The molecule has 0 aliphatic rings. The Balaban J connectivity index is 2.57. The number of hydrogen-bond acceptors (Lipinski definition) is 1. The van der Waals surface area contributed by atoms with Crippen molar-refractivity contribution in [2.24, 2.45) is 0 Å². The number of aromatic nitrogens is 2. The highest BCUT2D eigenvalue weighted by molar-refractivity contribution is 6.34. The average molecular weight is 227 g/mol. The molecular formula is C10H8Cl2N2. The van der Waals surface area contributed by atoms with E-state index in [1.54, 1.807) is 16.9 Å². The highest BCUT2D eigenvalue weighted by Crippen LogP contribution is 2.21. The van der Waals surface area contributed by atoms with Gasteiger partial charge in [-0.25, -0.2) is 4.68 Å². The standard InChI is InChI=1S/C10H8Cl2N2/c1-7-2-3-13-14(7)10-5-8(11)4-9(12)6-10/h2-6H,1H3. The second kappa shape index (κ2) is 3.64. The van der Waals surface area contributed by atoms with Crippen molar-refractivity contribution < 1.29 is 0 Å². The van der Waals surface area contributed by atoms with Gasteiger partial charge in [0.05, 0.1) is 5.69 Å². The van der Waals surface area contributed by atoms with Gasteiger partial charge in [-0.3, -0.25) is 0 Å². The minimum atomic E-state index is 0.613. The van der Waals surface area contributed by atoms with Gasteiger partial charge in [-0.05, 0) is 31.2 Å². The third kappa shape index (κ3) is 1.76. The Hall–Kier alpha value is -0.990. The second-order valence-electron chi connectivity index (χ2n) is 3.01. The molecule has 0 aliphatic heterocycles. The van der Waals surface area contributed by atoms with Crippen LogP contribution in [-0.4, -0.2) is 9.78 Å². The molecule has 0 amide bonds. The van der Waals surface area contributed by atoms with Crippen LogP contribution in [0.4, 0.5) is 0 Å². The molecule has 1 heterocycles. The molecule has 0 radical (unpaired) electrons. The van der Waals surface area contributed by atoms with Gasteiger partial charge >= 0.3 is 0 Å². The van der Waals surface area contributed by atoms with Crippen LogP contribution >= 0.6 is 23.2 Å². The number of nitrogens with zero attached hydrogens (tertiary/aromatic N) is 2. The number of halogens is 2. The van der Waals surface area contributed by atoms with E-state index in [2.05, 4.69) is 5.10 Å². The lowest BCUT2D eigenvalue weighted by molar-refractivity contribution is 0.847. The van der Waals surface area contributed by atoms with E-state index < -0.39 is 0 Å². The predicted molar refractivity (Wildman–Crippen MR) is 58.3 cm³/mol. The van der Waals surface area contributed by atoms with Crippen LogP contribution in [0.15, 0.2) is 30.5 Å². The third-order valence-electron chi connectivity index (χ3n) is 1.92. The summed E-state index contributed by atoms with van der Waals surface area (Å²) in [5.41, 5.74) is 1.92. The Morgan fingerprint density at radius 3 is 2.29 bits per heavy atom. The molecule has 0 N–H and O–H groups in total. The maximum absolute atomic E-state index is 5.89. The first kappa shape index (κ1) is 9.56. The van der Waals surface area contributed by atoms with Crippen LogP contribution in [0.2, 0.25) is 10.0 Å². The minimum absolute atomic E-state index is 0.613. The summed E-state index contributed by atoms with van der Waals surface area (Å²) in [6.45, 7) is 1.97. The van der Waals surface area contributed by atoms with Crippen molar-refractivity contribution in [1.29, 1.82) is 0 Å². The van der Waals surface area contributed by atoms with Crippen molar-refractivity contribution in [3.05, 3.63) is 46.2 Å². The summed E-state index contributed by atoms with van der Waals surface area (Å²) < 4.78 is 1.79. The van der Waals surface area contributed by atoms with Gasteiger partial charge in [0.1, 0.15) is 0 Å². The Bertz CT molecular complexity index is 443. The zero-order valence-corrected chi connectivity index (χ0v) is 9.05. The summed E-state index contributed by atoms with van der Waals surface area (Å²) in [6.07, 6.45) is 1.74. The first-order valence-corrected chi connectivity index (χ1v) is 4.89. The molecule has 2 nitrogen and oxygen atoms in total. The van der Waals surface area contributed by atoms with Gasteiger partial charge in [0.15, 0.2) is 0 Å². The highest BCUT2D eigenvalue weighted by atomic mass is 35.5. The summed E-state index contributed by atoms with van der Waals surface area (Å²) in [4.78, 5) is 0. The van der Waals surface area contributed by atoms with E-state index in [0.717, 1.165) is 11.4 Å². The average Bonchev–Trinajstić information content (AvgIpc) is 2.49. The summed E-state index contributed by atoms with van der Waals surface area (Å²) in [5, 5.41) is 5.39. The normalized spacial score (nSPS) is 10.5. The lowest BCUT2D eigenvalue weighted by Crippen LogP contribution is -1.98. The van der Waals surface area contributed by atoms with Crippen LogP contribution < -0.4 is 0 Å². The van der Waals surface area contributed by atoms with Gasteiger partial charge in [-0.1, -0.05) is 23.2 Å². The van der Waals surface area contributed by atoms with Gasteiger partial charge in [0.25, 0.3) is 0 Å². The fraction of sp³-hybridized carbons (Fsp3) is 0.100. The fourth-order valence-electron chi connectivity index (χ4n) is 1.30. The molecule has 0 saturated carbocycles. The Morgan fingerprint density at radius 2 is 1.79 bits per heavy atom. The van der Waals surface area contributed by atoms with E-state index in [1.165, 1.54) is 0 Å². The Kier molecular flexibility index (Phi) is 2.48. The summed E-state index contributed by atoms with van der Waals surface area (Å²) >= 11 is 11.8. The van der Waals surface area contributed by atoms with Gasteiger partial charge in [-0.2, -0.15) is 5.10 Å². The maximum Gasteiger partial charge on any atom is 0.0678 e. The van der Waals surface area contributed by atoms with Crippen molar-refractivity contribution >= 4 is 23.2 Å². The predicted octanol–water partition coefficient (Wildman–Crippen LogP) is 3.49. The van der Waals surface area contributed by atoms with Gasteiger partial charge in [-0.15, -0.1) is 0 Å². The Morgan fingerprint density at radius 1 is 1.14 bits per heavy atom. The molecule has 0 unspecified atom stereocenters. The van der Waals surface area contributed by atoms with Gasteiger partial charge in [0.2, 0.25) is 0 Å². The van der Waals surface area contributed by atoms with E-state index in [4.69, 9.17) is 23.2 Å². The fourth-order valence-corrected chi connectivity index (χ4v) is 1.82. The molecule has 14 heavy (non-hydrogen) atoms. The summed E-state index contributed by atoms with van der Waals surface area (Å²) in [6, 6.07) is 7.28. The first-order chi connectivity index (χ1) is 6.66. The molecule has 2 aromatic rings. The van der Waals surface area contributed by atoms with E-state index in [0.29, 0.717) is 10.0 Å². The minimum Gasteiger partial charge on any atom is -0.238 e. The Labute approximate surface area is 92.1 Å².